The van der Waals surface area contributed by atoms with Gasteiger partial charge in [-0.3, -0.25) is 4.98 Å². The molecule has 106 valence electrons. The highest BCUT2D eigenvalue weighted by Crippen LogP contribution is 2.31. The van der Waals surface area contributed by atoms with Crippen LogP contribution in [0.25, 0.3) is 0 Å². The van der Waals surface area contributed by atoms with E-state index >= 15 is 0 Å². The van der Waals surface area contributed by atoms with Gasteiger partial charge in [0, 0.05) is 33.3 Å². The van der Waals surface area contributed by atoms with Gasteiger partial charge in [0.2, 0.25) is 0 Å². The van der Waals surface area contributed by atoms with Crippen LogP contribution in [-0.4, -0.2) is 11.5 Å². The van der Waals surface area contributed by atoms with Crippen LogP contribution in [0.2, 0.25) is 5.02 Å². The van der Waals surface area contributed by atoms with Gasteiger partial charge >= 0.3 is 0 Å². The maximum Gasteiger partial charge on any atom is 0.0595 e. The van der Waals surface area contributed by atoms with Crippen molar-refractivity contribution in [2.45, 2.75) is 19.4 Å². The lowest BCUT2D eigenvalue weighted by molar-refractivity contribution is 0.544. The highest BCUT2D eigenvalue weighted by Gasteiger charge is 2.16. The summed E-state index contributed by atoms with van der Waals surface area (Å²) < 4.78 is 1.91. The summed E-state index contributed by atoms with van der Waals surface area (Å²) in [4.78, 5) is 4.44. The third-order valence-electron chi connectivity index (χ3n) is 3.01. The normalized spacial score (nSPS) is 12.4. The minimum absolute atomic E-state index is 0.152. The van der Waals surface area contributed by atoms with Crippen molar-refractivity contribution in [3.63, 3.8) is 0 Å². The summed E-state index contributed by atoms with van der Waals surface area (Å²) in [5.41, 5.74) is 2.13. The SMILES string of the molecule is CCNC(Cc1ccc(Br)cn1)c1cccc(Br)c1Cl. The number of nitrogens with one attached hydrogen (secondary N) is 1. The standard InChI is InChI=1S/C15H15Br2ClN2/c1-2-19-14(8-11-7-6-10(16)9-20-11)12-4-3-5-13(17)15(12)18/h3-7,9,14,19H,2,8H2,1H3. The van der Waals surface area contributed by atoms with Gasteiger partial charge in [0.15, 0.2) is 0 Å². The van der Waals surface area contributed by atoms with E-state index in [9.17, 15) is 0 Å². The molecule has 1 aromatic heterocycles. The Labute approximate surface area is 141 Å². The van der Waals surface area contributed by atoms with Gasteiger partial charge in [0.25, 0.3) is 0 Å². The van der Waals surface area contributed by atoms with E-state index in [0.29, 0.717) is 0 Å². The molecule has 1 unspecified atom stereocenters. The number of aromatic nitrogens is 1. The Bertz CT molecular complexity index is 573. The van der Waals surface area contributed by atoms with E-state index < -0.39 is 0 Å². The Kier molecular flexibility index (Phi) is 6.02. The first-order valence-electron chi connectivity index (χ1n) is 6.39. The van der Waals surface area contributed by atoms with Crippen molar-refractivity contribution in [3.05, 3.63) is 61.8 Å². The summed E-state index contributed by atoms with van der Waals surface area (Å²) in [6.45, 7) is 2.97. The summed E-state index contributed by atoms with van der Waals surface area (Å²) >= 11 is 13.3. The van der Waals surface area contributed by atoms with Gasteiger partial charge in [-0.2, -0.15) is 0 Å². The van der Waals surface area contributed by atoms with E-state index in [1.54, 1.807) is 0 Å². The topological polar surface area (TPSA) is 24.9 Å². The molecular formula is C15H15Br2ClN2. The number of pyridine rings is 1. The Morgan fingerprint density at radius 2 is 2.05 bits per heavy atom. The second kappa shape index (κ2) is 7.55. The average molecular weight is 419 g/mol. The highest BCUT2D eigenvalue weighted by atomic mass is 79.9. The molecule has 2 nitrogen and oxygen atoms in total. The molecule has 2 rings (SSSR count). The lowest BCUT2D eigenvalue weighted by Crippen LogP contribution is -2.23. The molecule has 20 heavy (non-hydrogen) atoms. The second-order valence-corrected chi connectivity index (χ2v) is 6.57. The molecule has 0 bridgehead atoms. The van der Waals surface area contributed by atoms with Crippen LogP contribution in [-0.2, 0) is 6.42 Å². The van der Waals surface area contributed by atoms with Gasteiger partial charge in [-0.05, 0) is 62.2 Å². The van der Waals surface area contributed by atoms with Crippen LogP contribution in [0.5, 0.6) is 0 Å². The van der Waals surface area contributed by atoms with Crippen LogP contribution >= 0.6 is 43.5 Å². The summed E-state index contributed by atoms with van der Waals surface area (Å²) in [5, 5.41) is 4.23. The maximum atomic E-state index is 6.40. The van der Waals surface area contributed by atoms with E-state index in [1.807, 2.05) is 30.5 Å². The van der Waals surface area contributed by atoms with E-state index in [-0.39, 0.29) is 6.04 Å². The Morgan fingerprint density at radius 3 is 2.70 bits per heavy atom. The lowest BCUT2D eigenvalue weighted by Gasteiger charge is -2.20. The van der Waals surface area contributed by atoms with Crippen LogP contribution in [0.15, 0.2) is 45.5 Å². The molecule has 0 fully saturated rings. The van der Waals surface area contributed by atoms with Crippen molar-refractivity contribution in [1.82, 2.24) is 10.3 Å². The summed E-state index contributed by atoms with van der Waals surface area (Å²) in [6.07, 6.45) is 2.62. The van der Waals surface area contributed by atoms with Crippen molar-refractivity contribution < 1.29 is 0 Å². The molecule has 0 amide bonds. The largest absolute Gasteiger partial charge is 0.310 e. The molecular weight excluding hydrogens is 403 g/mol. The zero-order valence-corrected chi connectivity index (χ0v) is 15.0. The predicted molar refractivity (Wildman–Crippen MR) is 91.2 cm³/mol. The summed E-state index contributed by atoms with van der Waals surface area (Å²) in [5.74, 6) is 0. The van der Waals surface area contributed by atoms with E-state index in [4.69, 9.17) is 11.6 Å². The molecule has 0 saturated heterocycles. The third-order valence-corrected chi connectivity index (χ3v) is 4.79. The van der Waals surface area contributed by atoms with Crippen LogP contribution in [0.3, 0.4) is 0 Å². The molecule has 0 radical (unpaired) electrons. The molecule has 1 N–H and O–H groups in total. The van der Waals surface area contributed by atoms with Crippen molar-refractivity contribution in [2.75, 3.05) is 6.54 Å². The van der Waals surface area contributed by atoms with Gasteiger partial charge in [0.05, 0.1) is 5.02 Å². The third kappa shape index (κ3) is 4.04. The number of halogens is 3. The van der Waals surface area contributed by atoms with Crippen molar-refractivity contribution >= 4 is 43.5 Å². The molecule has 5 heteroatoms. The molecule has 1 atom stereocenters. The van der Waals surface area contributed by atoms with Crippen molar-refractivity contribution in [3.8, 4) is 0 Å². The fourth-order valence-corrected chi connectivity index (χ4v) is 2.94. The second-order valence-electron chi connectivity index (χ2n) is 4.43. The molecule has 0 aliphatic rings. The Balaban J connectivity index is 2.26. The molecule has 0 aliphatic heterocycles. The van der Waals surface area contributed by atoms with Crippen molar-refractivity contribution in [2.24, 2.45) is 0 Å². The van der Waals surface area contributed by atoms with E-state index in [0.717, 1.165) is 38.2 Å². The van der Waals surface area contributed by atoms with Gasteiger partial charge < -0.3 is 5.32 Å². The number of hydrogen-bond acceptors (Lipinski definition) is 2. The van der Waals surface area contributed by atoms with Gasteiger partial charge in [-0.15, -0.1) is 0 Å². The summed E-state index contributed by atoms with van der Waals surface area (Å²) in [6, 6.07) is 10.2. The first-order valence-corrected chi connectivity index (χ1v) is 8.36. The smallest absolute Gasteiger partial charge is 0.0595 e. The minimum atomic E-state index is 0.152. The van der Waals surface area contributed by atoms with Gasteiger partial charge in [-0.25, -0.2) is 0 Å². The number of rotatable bonds is 5. The highest BCUT2D eigenvalue weighted by molar-refractivity contribution is 9.10. The van der Waals surface area contributed by atoms with Gasteiger partial charge in [-0.1, -0.05) is 30.7 Å². The molecule has 0 spiro atoms. The molecule has 1 heterocycles. The van der Waals surface area contributed by atoms with Crippen LogP contribution in [0.1, 0.15) is 24.2 Å². The fraction of sp³-hybridized carbons (Fsp3) is 0.267. The number of nitrogens with zero attached hydrogens (tertiary/aromatic N) is 1. The molecule has 0 aliphatic carbocycles. The first-order chi connectivity index (χ1) is 9.61. The predicted octanol–water partition coefficient (Wildman–Crippen LogP) is 5.15. The monoisotopic (exact) mass is 416 g/mol. The van der Waals surface area contributed by atoms with Crippen LogP contribution in [0, 0.1) is 0 Å². The maximum absolute atomic E-state index is 6.40. The summed E-state index contributed by atoms with van der Waals surface area (Å²) in [7, 11) is 0. The first kappa shape index (κ1) is 16.0. The quantitative estimate of drug-likeness (QED) is 0.726. The number of hydrogen-bond donors (Lipinski definition) is 1. The van der Waals surface area contributed by atoms with Crippen molar-refractivity contribution in [1.29, 1.82) is 0 Å². The van der Waals surface area contributed by atoms with Crippen LogP contribution < -0.4 is 5.32 Å². The number of benzene rings is 1. The molecule has 1 aromatic carbocycles. The van der Waals surface area contributed by atoms with Gasteiger partial charge in [0.1, 0.15) is 0 Å². The zero-order chi connectivity index (χ0) is 14.5. The average Bonchev–Trinajstić information content (AvgIpc) is 2.44. The fourth-order valence-electron chi connectivity index (χ4n) is 2.06. The van der Waals surface area contributed by atoms with Crippen LogP contribution in [0.4, 0.5) is 0 Å². The Hall–Kier alpha value is -0.420. The molecule has 0 saturated carbocycles. The lowest BCUT2D eigenvalue weighted by atomic mass is 10.0. The minimum Gasteiger partial charge on any atom is -0.310 e. The number of likely N-dealkylation sites (N-methyl/N-ethyl adjacent to an activating group) is 1. The Morgan fingerprint density at radius 1 is 1.25 bits per heavy atom. The zero-order valence-electron chi connectivity index (χ0n) is 11.0. The van der Waals surface area contributed by atoms with E-state index in [2.05, 4.69) is 55.2 Å². The molecule has 2 aromatic rings. The van der Waals surface area contributed by atoms with E-state index in [1.165, 1.54) is 0 Å².